The van der Waals surface area contributed by atoms with Crippen molar-refractivity contribution in [3.8, 4) is 5.75 Å². The molecule has 1 heterocycles. The zero-order valence-electron chi connectivity index (χ0n) is 12.7. The first-order chi connectivity index (χ1) is 10.1. The summed E-state index contributed by atoms with van der Waals surface area (Å²) in [5, 5.41) is 2.95. The van der Waals surface area contributed by atoms with Gasteiger partial charge >= 0.3 is 0 Å². The Kier molecular flexibility index (Phi) is 4.93. The van der Waals surface area contributed by atoms with Crippen molar-refractivity contribution in [2.75, 3.05) is 7.11 Å². The lowest BCUT2D eigenvalue weighted by molar-refractivity contribution is -0.706. The highest BCUT2D eigenvalue weighted by atomic mass is 16.5. The fraction of sp³-hybridized carbons (Fsp3) is 0.294. The van der Waals surface area contributed by atoms with E-state index in [0.717, 1.165) is 11.3 Å². The molecule has 4 heteroatoms. The largest absolute Gasteiger partial charge is 0.497 e. The smallest absolute Gasteiger partial charge is 0.289 e. The van der Waals surface area contributed by atoms with Crippen molar-refractivity contribution in [3.05, 3.63) is 59.9 Å². The van der Waals surface area contributed by atoms with Gasteiger partial charge in [-0.2, -0.15) is 4.57 Å². The monoisotopic (exact) mass is 285 g/mol. The van der Waals surface area contributed by atoms with Crippen LogP contribution in [0.4, 0.5) is 0 Å². The molecule has 2 rings (SSSR count). The SMILES string of the molecule is COc1ccc(CNC(=O)[C@@H](C)[n+]2ccc(C)cc2)cc1. The lowest BCUT2D eigenvalue weighted by atomic mass is 10.2. The fourth-order valence-electron chi connectivity index (χ4n) is 1.99. The number of hydrogen-bond acceptors (Lipinski definition) is 2. The minimum Gasteiger partial charge on any atom is -0.497 e. The molecule has 0 bridgehead atoms. The number of aryl methyl sites for hydroxylation is 1. The number of nitrogens with one attached hydrogen (secondary N) is 1. The summed E-state index contributed by atoms with van der Waals surface area (Å²) in [6, 6.07) is 11.4. The number of aromatic nitrogens is 1. The fourth-order valence-corrected chi connectivity index (χ4v) is 1.99. The highest BCUT2D eigenvalue weighted by Crippen LogP contribution is 2.11. The van der Waals surface area contributed by atoms with E-state index in [9.17, 15) is 4.79 Å². The second-order valence-electron chi connectivity index (χ2n) is 5.06. The number of carbonyl (C=O) groups is 1. The van der Waals surface area contributed by atoms with Gasteiger partial charge in [-0.15, -0.1) is 0 Å². The molecule has 4 nitrogen and oxygen atoms in total. The van der Waals surface area contributed by atoms with Crippen molar-refractivity contribution in [2.45, 2.75) is 26.4 Å². The molecule has 0 aliphatic carbocycles. The topological polar surface area (TPSA) is 42.2 Å². The van der Waals surface area contributed by atoms with Crippen molar-refractivity contribution in [1.29, 1.82) is 0 Å². The molecule has 1 atom stereocenters. The van der Waals surface area contributed by atoms with Crippen molar-refractivity contribution in [2.24, 2.45) is 0 Å². The van der Waals surface area contributed by atoms with Gasteiger partial charge in [-0.05, 0) is 30.2 Å². The van der Waals surface area contributed by atoms with Gasteiger partial charge in [-0.25, -0.2) is 0 Å². The van der Waals surface area contributed by atoms with Crippen LogP contribution >= 0.6 is 0 Å². The molecule has 2 aromatic rings. The van der Waals surface area contributed by atoms with E-state index in [0.29, 0.717) is 6.54 Å². The maximum absolute atomic E-state index is 12.2. The first-order valence-corrected chi connectivity index (χ1v) is 6.98. The van der Waals surface area contributed by atoms with E-state index in [4.69, 9.17) is 4.74 Å². The van der Waals surface area contributed by atoms with Gasteiger partial charge in [0.05, 0.1) is 7.11 Å². The highest BCUT2D eigenvalue weighted by Gasteiger charge is 2.20. The molecular formula is C17H21N2O2+. The van der Waals surface area contributed by atoms with Crippen LogP contribution in [0.5, 0.6) is 5.75 Å². The number of ether oxygens (including phenoxy) is 1. The molecular weight excluding hydrogens is 264 g/mol. The lowest BCUT2D eigenvalue weighted by Crippen LogP contribution is -2.46. The molecule has 1 aromatic carbocycles. The Bertz CT molecular complexity index is 591. The summed E-state index contributed by atoms with van der Waals surface area (Å²) in [7, 11) is 1.64. The molecule has 1 aromatic heterocycles. The molecule has 0 unspecified atom stereocenters. The van der Waals surface area contributed by atoms with Crippen LogP contribution in [0.15, 0.2) is 48.8 Å². The van der Waals surface area contributed by atoms with E-state index in [1.165, 1.54) is 5.56 Å². The number of carbonyl (C=O) groups excluding carboxylic acids is 1. The standard InChI is InChI=1S/C17H20N2O2/c1-13-8-10-19(11-9-13)14(2)17(20)18-12-15-4-6-16(21-3)7-5-15/h4-11,14H,12H2,1-3H3/p+1/t14-/m1/s1. The third-order valence-electron chi connectivity index (χ3n) is 3.47. The number of benzene rings is 1. The minimum absolute atomic E-state index is 0.000305. The Balaban J connectivity index is 1.92. The molecule has 0 aliphatic heterocycles. The molecule has 1 amide bonds. The normalized spacial score (nSPS) is 11.8. The van der Waals surface area contributed by atoms with Crippen LogP contribution in [0.2, 0.25) is 0 Å². The molecule has 0 radical (unpaired) electrons. The average Bonchev–Trinajstić information content (AvgIpc) is 2.53. The Morgan fingerprint density at radius 3 is 2.38 bits per heavy atom. The summed E-state index contributed by atoms with van der Waals surface area (Å²) >= 11 is 0. The molecule has 110 valence electrons. The summed E-state index contributed by atoms with van der Waals surface area (Å²) in [6.45, 7) is 4.43. The van der Waals surface area contributed by atoms with Crippen LogP contribution in [-0.4, -0.2) is 13.0 Å². The van der Waals surface area contributed by atoms with E-state index < -0.39 is 0 Å². The maximum Gasteiger partial charge on any atom is 0.289 e. The number of rotatable bonds is 5. The van der Waals surface area contributed by atoms with E-state index in [2.05, 4.69) is 5.32 Å². The Morgan fingerprint density at radius 2 is 1.81 bits per heavy atom. The van der Waals surface area contributed by atoms with Gasteiger partial charge in [0.1, 0.15) is 5.75 Å². The number of pyridine rings is 1. The summed E-state index contributed by atoms with van der Waals surface area (Å²) in [4.78, 5) is 12.2. The number of methoxy groups -OCH3 is 1. The van der Waals surface area contributed by atoms with E-state index >= 15 is 0 Å². The molecule has 0 saturated carbocycles. The van der Waals surface area contributed by atoms with Crippen LogP contribution in [-0.2, 0) is 11.3 Å². The first kappa shape index (κ1) is 15.0. The van der Waals surface area contributed by atoms with E-state index in [-0.39, 0.29) is 11.9 Å². The maximum atomic E-state index is 12.2. The van der Waals surface area contributed by atoms with Gasteiger partial charge in [-0.3, -0.25) is 4.79 Å². The zero-order valence-corrected chi connectivity index (χ0v) is 12.7. The van der Waals surface area contributed by atoms with Crippen LogP contribution in [0, 0.1) is 6.92 Å². The van der Waals surface area contributed by atoms with Crippen molar-refractivity contribution >= 4 is 5.91 Å². The summed E-state index contributed by atoms with van der Waals surface area (Å²) in [5.41, 5.74) is 2.22. The quantitative estimate of drug-likeness (QED) is 0.856. The second-order valence-corrected chi connectivity index (χ2v) is 5.06. The van der Waals surface area contributed by atoms with Crippen LogP contribution < -0.4 is 14.6 Å². The van der Waals surface area contributed by atoms with Crippen LogP contribution in [0.1, 0.15) is 24.1 Å². The van der Waals surface area contributed by atoms with Crippen molar-refractivity contribution < 1.29 is 14.1 Å². The first-order valence-electron chi connectivity index (χ1n) is 6.98. The predicted molar refractivity (Wildman–Crippen MR) is 80.9 cm³/mol. The Morgan fingerprint density at radius 1 is 1.19 bits per heavy atom. The molecule has 21 heavy (non-hydrogen) atoms. The van der Waals surface area contributed by atoms with Gasteiger partial charge in [0.25, 0.3) is 5.91 Å². The average molecular weight is 285 g/mol. The van der Waals surface area contributed by atoms with Crippen LogP contribution in [0.3, 0.4) is 0 Å². The molecule has 0 spiro atoms. The van der Waals surface area contributed by atoms with E-state index in [1.807, 2.05) is 67.2 Å². The van der Waals surface area contributed by atoms with Gasteiger partial charge in [0, 0.05) is 25.6 Å². The second kappa shape index (κ2) is 6.88. The van der Waals surface area contributed by atoms with Gasteiger partial charge < -0.3 is 10.1 Å². The Hall–Kier alpha value is -2.36. The van der Waals surface area contributed by atoms with Crippen molar-refractivity contribution in [3.63, 3.8) is 0 Å². The number of hydrogen-bond donors (Lipinski definition) is 1. The van der Waals surface area contributed by atoms with Crippen LogP contribution in [0.25, 0.3) is 0 Å². The minimum atomic E-state index is -0.233. The molecule has 0 aliphatic rings. The van der Waals surface area contributed by atoms with Gasteiger partial charge in [-0.1, -0.05) is 12.1 Å². The highest BCUT2D eigenvalue weighted by molar-refractivity contribution is 5.78. The molecule has 0 saturated heterocycles. The lowest BCUT2D eigenvalue weighted by Gasteiger charge is -2.09. The molecule has 0 fully saturated rings. The third kappa shape index (κ3) is 4.05. The molecule has 1 N–H and O–H groups in total. The predicted octanol–water partition coefficient (Wildman–Crippen LogP) is 2.17. The van der Waals surface area contributed by atoms with Crippen molar-refractivity contribution in [1.82, 2.24) is 5.32 Å². The number of nitrogens with zero attached hydrogens (tertiary/aromatic N) is 1. The Labute approximate surface area is 125 Å². The van der Waals surface area contributed by atoms with E-state index in [1.54, 1.807) is 7.11 Å². The third-order valence-corrected chi connectivity index (χ3v) is 3.47. The summed E-state index contributed by atoms with van der Waals surface area (Å²) < 4.78 is 7.01. The zero-order chi connectivity index (χ0) is 15.2. The van der Waals surface area contributed by atoms with Gasteiger partial charge in [0.2, 0.25) is 6.04 Å². The summed E-state index contributed by atoms with van der Waals surface area (Å²) in [6.07, 6.45) is 3.85. The summed E-state index contributed by atoms with van der Waals surface area (Å²) in [5.74, 6) is 0.813. The number of amides is 1. The van der Waals surface area contributed by atoms with Gasteiger partial charge in [0.15, 0.2) is 12.4 Å².